The van der Waals surface area contributed by atoms with Gasteiger partial charge in [-0.3, -0.25) is 9.59 Å². The van der Waals surface area contributed by atoms with Gasteiger partial charge in [0.05, 0.1) is 13.0 Å². The zero-order valence-corrected chi connectivity index (χ0v) is 15.3. The Morgan fingerprint density at radius 2 is 1.54 bits per heavy atom. The van der Waals surface area contributed by atoms with E-state index in [9.17, 15) is 9.59 Å². The van der Waals surface area contributed by atoms with Crippen LogP contribution in [0.15, 0.2) is 60.7 Å². The van der Waals surface area contributed by atoms with Crippen LogP contribution in [0, 0.1) is 0 Å². The lowest BCUT2D eigenvalue weighted by atomic mass is 10.1. The van der Waals surface area contributed by atoms with Crippen molar-refractivity contribution in [3.05, 3.63) is 66.2 Å². The first kappa shape index (κ1) is 19.5. The summed E-state index contributed by atoms with van der Waals surface area (Å²) in [6.07, 6.45) is 1.14. The Morgan fingerprint density at radius 1 is 0.885 bits per heavy atom. The molecule has 5 nitrogen and oxygen atoms in total. The molecular weight excluding hydrogens is 326 g/mol. The summed E-state index contributed by atoms with van der Waals surface area (Å²) in [5, 5.41) is 5.51. The normalized spacial score (nSPS) is 10.2. The highest BCUT2D eigenvalue weighted by Crippen LogP contribution is 2.12. The molecule has 0 fully saturated rings. The van der Waals surface area contributed by atoms with Crippen LogP contribution in [0.3, 0.4) is 0 Å². The van der Waals surface area contributed by atoms with Gasteiger partial charge < -0.3 is 15.5 Å². The average Bonchev–Trinajstić information content (AvgIpc) is 2.68. The summed E-state index contributed by atoms with van der Waals surface area (Å²) < 4.78 is 0. The van der Waals surface area contributed by atoms with Crippen LogP contribution in [0.5, 0.6) is 0 Å². The molecule has 0 atom stereocenters. The van der Waals surface area contributed by atoms with Crippen molar-refractivity contribution in [2.75, 3.05) is 31.1 Å². The molecule has 0 saturated heterocycles. The third-order valence-electron chi connectivity index (χ3n) is 4.08. The van der Waals surface area contributed by atoms with Crippen molar-refractivity contribution in [3.8, 4) is 0 Å². The summed E-state index contributed by atoms with van der Waals surface area (Å²) in [6.45, 7) is 4.53. The number of anilines is 1. The first-order valence-electron chi connectivity index (χ1n) is 9.06. The molecule has 26 heavy (non-hydrogen) atoms. The van der Waals surface area contributed by atoms with Crippen LogP contribution in [0.4, 0.5) is 5.69 Å². The predicted octanol–water partition coefficient (Wildman–Crippen LogP) is 2.38. The second kappa shape index (κ2) is 10.9. The van der Waals surface area contributed by atoms with E-state index >= 15 is 0 Å². The summed E-state index contributed by atoms with van der Waals surface area (Å²) in [5.41, 5.74) is 2.13. The molecule has 2 rings (SSSR count). The molecule has 0 aliphatic rings. The fourth-order valence-electron chi connectivity index (χ4n) is 2.69. The van der Waals surface area contributed by atoms with Crippen molar-refractivity contribution in [1.82, 2.24) is 10.6 Å². The minimum atomic E-state index is -0.158. The Kier molecular flexibility index (Phi) is 8.19. The lowest BCUT2D eigenvalue weighted by Crippen LogP contribution is -2.38. The van der Waals surface area contributed by atoms with Gasteiger partial charge in [0, 0.05) is 25.3 Å². The van der Waals surface area contributed by atoms with Crippen molar-refractivity contribution < 1.29 is 9.59 Å². The molecule has 0 aromatic heterocycles. The summed E-state index contributed by atoms with van der Waals surface area (Å²) in [4.78, 5) is 26.0. The Hall–Kier alpha value is -2.82. The number of benzene rings is 2. The van der Waals surface area contributed by atoms with E-state index in [2.05, 4.69) is 34.6 Å². The lowest BCUT2D eigenvalue weighted by molar-refractivity contribution is -0.125. The molecule has 2 amide bonds. The molecule has 2 aromatic rings. The number of nitrogens with zero attached hydrogens (tertiary/aromatic N) is 1. The number of rotatable bonds is 10. The Morgan fingerprint density at radius 3 is 2.19 bits per heavy atom. The minimum Gasteiger partial charge on any atom is -0.372 e. The van der Waals surface area contributed by atoms with E-state index in [0.29, 0.717) is 6.54 Å². The molecule has 2 N–H and O–H groups in total. The van der Waals surface area contributed by atoms with Gasteiger partial charge in [0.15, 0.2) is 0 Å². The summed E-state index contributed by atoms with van der Waals surface area (Å²) in [5.74, 6) is -0.304. The quantitative estimate of drug-likeness (QED) is 0.645. The summed E-state index contributed by atoms with van der Waals surface area (Å²) in [7, 11) is 0. The number of hydrogen-bond acceptors (Lipinski definition) is 3. The maximum absolute atomic E-state index is 11.8. The van der Waals surface area contributed by atoms with Crippen LogP contribution in [0.1, 0.15) is 18.9 Å². The topological polar surface area (TPSA) is 61.4 Å². The largest absolute Gasteiger partial charge is 0.372 e. The van der Waals surface area contributed by atoms with Gasteiger partial charge in [-0.25, -0.2) is 0 Å². The molecule has 0 spiro atoms. The van der Waals surface area contributed by atoms with Crippen LogP contribution >= 0.6 is 0 Å². The molecule has 0 unspecified atom stereocenters. The smallest absolute Gasteiger partial charge is 0.239 e. The van der Waals surface area contributed by atoms with Crippen molar-refractivity contribution in [1.29, 1.82) is 0 Å². The van der Waals surface area contributed by atoms with Crippen LogP contribution in [-0.2, 0) is 16.0 Å². The van der Waals surface area contributed by atoms with E-state index in [0.717, 1.165) is 25.1 Å². The number of carbonyl (C=O) groups excluding carboxylic acids is 2. The first-order chi connectivity index (χ1) is 12.7. The van der Waals surface area contributed by atoms with Crippen LogP contribution in [0.2, 0.25) is 0 Å². The third kappa shape index (κ3) is 6.97. The van der Waals surface area contributed by atoms with Gasteiger partial charge in [-0.05, 0) is 31.0 Å². The van der Waals surface area contributed by atoms with Gasteiger partial charge in [-0.2, -0.15) is 0 Å². The van der Waals surface area contributed by atoms with E-state index < -0.39 is 0 Å². The zero-order chi connectivity index (χ0) is 18.6. The second-order valence-electron chi connectivity index (χ2n) is 6.06. The number of para-hydroxylation sites is 1. The fourth-order valence-corrected chi connectivity index (χ4v) is 2.69. The molecule has 2 aromatic carbocycles. The molecule has 0 bridgehead atoms. The fraction of sp³-hybridized carbons (Fsp3) is 0.333. The monoisotopic (exact) mass is 353 g/mol. The predicted molar refractivity (Wildman–Crippen MR) is 105 cm³/mol. The summed E-state index contributed by atoms with van der Waals surface area (Å²) >= 11 is 0. The Bertz CT molecular complexity index is 674. The van der Waals surface area contributed by atoms with Gasteiger partial charge >= 0.3 is 0 Å². The van der Waals surface area contributed by atoms with E-state index in [4.69, 9.17) is 0 Å². The SMILES string of the molecule is CCN(CCCNC(=O)CNC(=O)Cc1ccccc1)c1ccccc1. The van der Waals surface area contributed by atoms with Gasteiger partial charge in [-0.1, -0.05) is 48.5 Å². The highest BCUT2D eigenvalue weighted by Gasteiger charge is 2.07. The number of carbonyl (C=O) groups is 2. The van der Waals surface area contributed by atoms with Crippen molar-refractivity contribution >= 4 is 17.5 Å². The number of amides is 2. The van der Waals surface area contributed by atoms with E-state index in [1.165, 1.54) is 5.69 Å². The van der Waals surface area contributed by atoms with Crippen molar-refractivity contribution in [3.63, 3.8) is 0 Å². The van der Waals surface area contributed by atoms with Crippen molar-refractivity contribution in [2.24, 2.45) is 0 Å². The third-order valence-corrected chi connectivity index (χ3v) is 4.08. The number of nitrogens with one attached hydrogen (secondary N) is 2. The standard InChI is InChI=1S/C21H27N3O2/c1-2-24(19-12-7-4-8-13-19)15-9-14-22-21(26)17-23-20(25)16-18-10-5-3-6-11-18/h3-8,10-13H,2,9,14-17H2,1H3,(H,22,26)(H,23,25). The maximum atomic E-state index is 11.8. The Balaban J connectivity index is 1.60. The lowest BCUT2D eigenvalue weighted by Gasteiger charge is -2.23. The van der Waals surface area contributed by atoms with E-state index in [1.807, 2.05) is 48.5 Å². The molecule has 0 heterocycles. The van der Waals surface area contributed by atoms with E-state index in [-0.39, 0.29) is 24.8 Å². The van der Waals surface area contributed by atoms with Crippen LogP contribution in [0.25, 0.3) is 0 Å². The van der Waals surface area contributed by atoms with Gasteiger partial charge in [0.2, 0.25) is 11.8 Å². The van der Waals surface area contributed by atoms with Gasteiger partial charge in [0.25, 0.3) is 0 Å². The Labute approximate surface area is 155 Å². The molecule has 0 radical (unpaired) electrons. The molecule has 0 saturated carbocycles. The average molecular weight is 353 g/mol. The zero-order valence-electron chi connectivity index (χ0n) is 15.3. The highest BCUT2D eigenvalue weighted by atomic mass is 16.2. The first-order valence-corrected chi connectivity index (χ1v) is 9.06. The van der Waals surface area contributed by atoms with Gasteiger partial charge in [-0.15, -0.1) is 0 Å². The highest BCUT2D eigenvalue weighted by molar-refractivity contribution is 5.85. The minimum absolute atomic E-state index is 0.0157. The van der Waals surface area contributed by atoms with Crippen LogP contribution in [-0.4, -0.2) is 38.0 Å². The van der Waals surface area contributed by atoms with Crippen LogP contribution < -0.4 is 15.5 Å². The molecule has 0 aliphatic carbocycles. The van der Waals surface area contributed by atoms with Crippen molar-refractivity contribution in [2.45, 2.75) is 19.8 Å². The maximum Gasteiger partial charge on any atom is 0.239 e. The second-order valence-corrected chi connectivity index (χ2v) is 6.06. The molecular formula is C21H27N3O2. The van der Waals surface area contributed by atoms with E-state index in [1.54, 1.807) is 0 Å². The van der Waals surface area contributed by atoms with Gasteiger partial charge in [0.1, 0.15) is 0 Å². The number of hydrogen-bond donors (Lipinski definition) is 2. The summed E-state index contributed by atoms with van der Waals surface area (Å²) in [6, 6.07) is 19.7. The molecule has 5 heteroatoms. The molecule has 138 valence electrons. The molecule has 0 aliphatic heterocycles.